The molecule has 1 aromatic heterocycles. The highest BCUT2D eigenvalue weighted by molar-refractivity contribution is 9.11. The number of ether oxygens (including phenoxy) is 2. The second-order valence-electron chi connectivity index (χ2n) is 3.81. The molecule has 0 fully saturated rings. The van der Waals surface area contributed by atoms with E-state index < -0.39 is 0 Å². The Bertz CT molecular complexity index is 542. The van der Waals surface area contributed by atoms with Crippen molar-refractivity contribution < 1.29 is 9.47 Å². The maximum atomic E-state index is 5.95. The predicted molar refractivity (Wildman–Crippen MR) is 83.5 cm³/mol. The topological polar surface area (TPSA) is 18.5 Å². The summed E-state index contributed by atoms with van der Waals surface area (Å²) in [5.41, 5.74) is 0.947. The quantitative estimate of drug-likeness (QED) is 0.656. The molecular weight excluding hydrogens is 348 g/mol. The molecule has 2 nitrogen and oxygen atoms in total. The van der Waals surface area contributed by atoms with E-state index in [1.165, 1.54) is 0 Å². The molecule has 0 aliphatic carbocycles. The molecule has 0 amide bonds. The smallest absolute Gasteiger partial charge is 0.166 e. The van der Waals surface area contributed by atoms with E-state index in [0.29, 0.717) is 19.1 Å². The lowest BCUT2D eigenvalue weighted by Gasteiger charge is -2.14. The fourth-order valence-electron chi connectivity index (χ4n) is 1.67. The van der Waals surface area contributed by atoms with Crippen LogP contribution in [0.25, 0.3) is 0 Å². The molecule has 2 aromatic rings. The van der Waals surface area contributed by atoms with E-state index in [9.17, 15) is 0 Å². The molecule has 5 heteroatoms. The molecule has 0 saturated carbocycles. The molecule has 102 valence electrons. The Hall–Kier alpha value is -0.710. The van der Waals surface area contributed by atoms with E-state index in [1.807, 2.05) is 37.3 Å². The third-order valence-corrected chi connectivity index (χ3v) is 4.38. The Morgan fingerprint density at radius 2 is 2.05 bits per heavy atom. The number of hydrogen-bond donors (Lipinski definition) is 0. The van der Waals surface area contributed by atoms with Crippen LogP contribution < -0.4 is 9.47 Å². The van der Waals surface area contributed by atoms with Crippen molar-refractivity contribution in [3.63, 3.8) is 0 Å². The number of rotatable bonds is 6. The molecule has 0 aliphatic heterocycles. The molecule has 1 heterocycles. The fourth-order valence-corrected chi connectivity index (χ4v) is 3.28. The molecule has 0 atom stereocenters. The minimum absolute atomic E-state index is 0.407. The Labute approximate surface area is 130 Å². The Morgan fingerprint density at radius 3 is 2.68 bits per heavy atom. The van der Waals surface area contributed by atoms with E-state index >= 15 is 0 Å². The molecule has 0 N–H and O–H groups in total. The highest BCUT2D eigenvalue weighted by Gasteiger charge is 2.11. The fraction of sp³-hybridized carbons (Fsp3) is 0.286. The van der Waals surface area contributed by atoms with Crippen LogP contribution in [0.4, 0.5) is 0 Å². The molecule has 0 aliphatic rings. The molecule has 0 saturated heterocycles. The number of alkyl halides is 1. The molecule has 2 rings (SSSR count). The summed E-state index contributed by atoms with van der Waals surface area (Å²) < 4.78 is 12.6. The maximum absolute atomic E-state index is 5.95. The van der Waals surface area contributed by atoms with E-state index in [-0.39, 0.29) is 0 Å². The highest BCUT2D eigenvalue weighted by atomic mass is 79.9. The van der Waals surface area contributed by atoms with Crippen LogP contribution in [-0.2, 0) is 12.5 Å². The van der Waals surface area contributed by atoms with Crippen molar-refractivity contribution in [2.75, 3.05) is 6.61 Å². The van der Waals surface area contributed by atoms with Crippen LogP contribution in [0.3, 0.4) is 0 Å². The Kier molecular flexibility index (Phi) is 5.55. The highest BCUT2D eigenvalue weighted by Crippen LogP contribution is 2.34. The van der Waals surface area contributed by atoms with Crippen molar-refractivity contribution in [1.82, 2.24) is 0 Å². The number of para-hydroxylation sites is 1. The van der Waals surface area contributed by atoms with Crippen LogP contribution in [0.1, 0.15) is 17.4 Å². The van der Waals surface area contributed by atoms with E-state index in [0.717, 1.165) is 25.7 Å². The minimum Gasteiger partial charge on any atom is -0.490 e. The van der Waals surface area contributed by atoms with Gasteiger partial charge < -0.3 is 9.47 Å². The first-order valence-electron chi connectivity index (χ1n) is 5.92. The lowest BCUT2D eigenvalue weighted by atomic mass is 10.2. The monoisotopic (exact) mass is 360 g/mol. The summed E-state index contributed by atoms with van der Waals surface area (Å²) in [6.45, 7) is 3.07. The molecule has 0 unspecified atom stereocenters. The van der Waals surface area contributed by atoms with Crippen LogP contribution in [0.15, 0.2) is 34.1 Å². The van der Waals surface area contributed by atoms with Crippen LogP contribution in [0.2, 0.25) is 0 Å². The van der Waals surface area contributed by atoms with Gasteiger partial charge in [0.1, 0.15) is 6.61 Å². The number of halogens is 2. The van der Waals surface area contributed by atoms with Gasteiger partial charge in [0.05, 0.1) is 16.3 Å². The second kappa shape index (κ2) is 7.17. The van der Waals surface area contributed by atoms with Gasteiger partial charge in [-0.25, -0.2) is 0 Å². The van der Waals surface area contributed by atoms with Gasteiger partial charge in [-0.3, -0.25) is 0 Å². The summed E-state index contributed by atoms with van der Waals surface area (Å²) in [6, 6.07) is 9.84. The zero-order chi connectivity index (χ0) is 13.7. The van der Waals surface area contributed by atoms with Crippen molar-refractivity contribution in [1.29, 1.82) is 0 Å². The summed E-state index contributed by atoms with van der Waals surface area (Å²) >= 11 is 11.1. The van der Waals surface area contributed by atoms with Gasteiger partial charge in [-0.15, -0.1) is 22.9 Å². The number of benzene rings is 1. The van der Waals surface area contributed by atoms with Crippen molar-refractivity contribution in [3.8, 4) is 11.5 Å². The number of hydrogen-bond acceptors (Lipinski definition) is 3. The first-order chi connectivity index (χ1) is 9.24. The lowest BCUT2D eigenvalue weighted by Crippen LogP contribution is -2.01. The standard InChI is InChI=1S/C14H14BrClO2S/c1-2-17-12-5-3-4-10(8-16)14(12)18-9-11-6-7-13(15)19-11/h3-7H,2,8-9H2,1H3. The molecule has 19 heavy (non-hydrogen) atoms. The van der Waals surface area contributed by atoms with Crippen LogP contribution >= 0.6 is 38.9 Å². The van der Waals surface area contributed by atoms with Crippen LogP contribution in [0.5, 0.6) is 11.5 Å². The Balaban J connectivity index is 2.17. The van der Waals surface area contributed by atoms with Gasteiger partial charge in [0.15, 0.2) is 11.5 Å². The van der Waals surface area contributed by atoms with Crippen molar-refractivity contribution in [3.05, 3.63) is 44.6 Å². The molecule has 0 radical (unpaired) electrons. The third-order valence-electron chi connectivity index (χ3n) is 2.49. The van der Waals surface area contributed by atoms with E-state index in [4.69, 9.17) is 21.1 Å². The normalized spacial score (nSPS) is 10.5. The van der Waals surface area contributed by atoms with E-state index in [1.54, 1.807) is 11.3 Å². The summed E-state index contributed by atoms with van der Waals surface area (Å²) in [4.78, 5) is 1.15. The van der Waals surface area contributed by atoms with Crippen molar-refractivity contribution in [2.45, 2.75) is 19.4 Å². The molecule has 1 aromatic carbocycles. The van der Waals surface area contributed by atoms with Crippen molar-refractivity contribution in [2.24, 2.45) is 0 Å². The molecule has 0 spiro atoms. The summed E-state index contributed by atoms with van der Waals surface area (Å²) in [6.07, 6.45) is 0. The van der Waals surface area contributed by atoms with Crippen molar-refractivity contribution >= 4 is 38.9 Å². The zero-order valence-corrected chi connectivity index (χ0v) is 13.6. The number of thiophene rings is 1. The van der Waals surface area contributed by atoms with Gasteiger partial charge in [0.2, 0.25) is 0 Å². The molecular formula is C14H14BrClO2S. The third kappa shape index (κ3) is 3.88. The summed E-state index contributed by atoms with van der Waals surface area (Å²) in [5.74, 6) is 1.89. The Morgan fingerprint density at radius 1 is 1.21 bits per heavy atom. The zero-order valence-electron chi connectivity index (χ0n) is 10.5. The van der Waals surface area contributed by atoms with Crippen LogP contribution in [-0.4, -0.2) is 6.61 Å². The summed E-state index contributed by atoms with van der Waals surface area (Å²) in [5, 5.41) is 0. The van der Waals surface area contributed by atoms with Gasteiger partial charge in [-0.05, 0) is 41.1 Å². The van der Waals surface area contributed by atoms with Gasteiger partial charge >= 0.3 is 0 Å². The predicted octanol–water partition coefficient (Wildman–Crippen LogP) is 5.23. The first kappa shape index (κ1) is 14.7. The summed E-state index contributed by atoms with van der Waals surface area (Å²) in [7, 11) is 0. The largest absolute Gasteiger partial charge is 0.490 e. The average Bonchev–Trinajstić information content (AvgIpc) is 2.83. The lowest BCUT2D eigenvalue weighted by molar-refractivity contribution is 0.269. The average molecular weight is 362 g/mol. The molecule has 0 bridgehead atoms. The van der Waals surface area contributed by atoms with E-state index in [2.05, 4.69) is 15.9 Å². The van der Waals surface area contributed by atoms with Gasteiger partial charge in [0, 0.05) is 10.4 Å². The minimum atomic E-state index is 0.407. The van der Waals surface area contributed by atoms with Gasteiger partial charge in [0.25, 0.3) is 0 Å². The second-order valence-corrected chi connectivity index (χ2v) is 6.62. The maximum Gasteiger partial charge on any atom is 0.166 e. The van der Waals surface area contributed by atoms with Crippen LogP contribution in [0, 0.1) is 0 Å². The van der Waals surface area contributed by atoms with Gasteiger partial charge in [-0.2, -0.15) is 0 Å². The van der Waals surface area contributed by atoms with Gasteiger partial charge in [-0.1, -0.05) is 12.1 Å². The first-order valence-corrected chi connectivity index (χ1v) is 8.06. The SMILES string of the molecule is CCOc1cccc(CCl)c1OCc1ccc(Br)s1.